The van der Waals surface area contributed by atoms with Gasteiger partial charge >= 0.3 is 24.4 Å². The molecule has 0 spiro atoms. The van der Waals surface area contributed by atoms with Gasteiger partial charge < -0.3 is 0 Å². The van der Waals surface area contributed by atoms with Gasteiger partial charge in [0.2, 0.25) is 0 Å². The fraction of sp³-hybridized carbons (Fsp3) is 1.00. The maximum atomic E-state index is 4.17. The first-order chi connectivity index (χ1) is 17.7. The molecular formula is C30H69S6Sb. The Bertz CT molecular complexity index is 247. The molecule has 0 bridgehead atoms. The summed E-state index contributed by atoms with van der Waals surface area (Å²) in [6.07, 6.45) is 25.5. The standard InChI is InChI=1S/3C10H22S2.Sb.3H/c3*1-2-3-4-5-6-7-9-12-10-8-11;;;;/h3*11H,2-10H2,1H3;;;;. The second-order valence-corrected chi connectivity index (χ2v) is 14.3. The summed E-state index contributed by atoms with van der Waals surface area (Å²) >= 11 is 18.6. The van der Waals surface area contributed by atoms with Gasteiger partial charge in [0.05, 0.1) is 0 Å². The van der Waals surface area contributed by atoms with E-state index in [2.05, 4.69) is 58.7 Å². The van der Waals surface area contributed by atoms with Crippen LogP contribution in [0.1, 0.15) is 136 Å². The third kappa shape index (κ3) is 59.3. The van der Waals surface area contributed by atoms with Crippen LogP contribution in [0.5, 0.6) is 0 Å². The summed E-state index contributed by atoms with van der Waals surface area (Å²) in [5.74, 6) is 10.8. The molecule has 0 fully saturated rings. The van der Waals surface area contributed by atoms with Gasteiger partial charge in [0.15, 0.2) is 0 Å². The molecule has 7 heteroatoms. The van der Waals surface area contributed by atoms with Crippen molar-refractivity contribution in [3.63, 3.8) is 0 Å². The van der Waals surface area contributed by atoms with E-state index in [1.165, 1.54) is 150 Å². The van der Waals surface area contributed by atoms with Gasteiger partial charge in [-0.1, -0.05) is 117 Å². The molecule has 0 aromatic carbocycles. The van der Waals surface area contributed by atoms with Crippen LogP contribution < -0.4 is 0 Å². The van der Waals surface area contributed by atoms with Crippen molar-refractivity contribution in [2.75, 3.05) is 51.8 Å². The van der Waals surface area contributed by atoms with Crippen molar-refractivity contribution in [2.45, 2.75) is 136 Å². The van der Waals surface area contributed by atoms with Crippen molar-refractivity contribution in [1.29, 1.82) is 0 Å². The van der Waals surface area contributed by atoms with Crippen molar-refractivity contribution >= 4 is 97.6 Å². The molecule has 0 nitrogen and oxygen atoms in total. The van der Waals surface area contributed by atoms with E-state index in [9.17, 15) is 0 Å². The molecule has 0 N–H and O–H groups in total. The predicted molar refractivity (Wildman–Crippen MR) is 204 cm³/mol. The monoisotopic (exact) mass is 742 g/mol. The van der Waals surface area contributed by atoms with E-state index < -0.39 is 0 Å². The van der Waals surface area contributed by atoms with E-state index >= 15 is 0 Å². The third-order valence-electron chi connectivity index (χ3n) is 5.63. The van der Waals surface area contributed by atoms with E-state index in [1.807, 2.05) is 35.3 Å². The SMILES string of the molecule is CCCCCCCCSCCS.CCCCCCCCSCCS.CCCCCCCCSCCS.[SbH3]. The molecule has 0 saturated carbocycles. The topological polar surface area (TPSA) is 0 Å². The minimum absolute atomic E-state index is 0. The predicted octanol–water partition coefficient (Wildman–Crippen LogP) is 10.8. The van der Waals surface area contributed by atoms with Gasteiger partial charge in [-0.3, -0.25) is 0 Å². The summed E-state index contributed by atoms with van der Waals surface area (Å²) in [6.45, 7) is 6.80. The van der Waals surface area contributed by atoms with Crippen LogP contribution in [0.3, 0.4) is 0 Å². The van der Waals surface area contributed by atoms with Crippen LogP contribution >= 0.6 is 73.2 Å². The number of rotatable bonds is 27. The summed E-state index contributed by atoms with van der Waals surface area (Å²) in [6, 6.07) is 0. The third-order valence-corrected chi connectivity index (χ3v) is 10.4. The molecule has 0 atom stereocenters. The van der Waals surface area contributed by atoms with E-state index in [0.29, 0.717) is 0 Å². The molecule has 0 unspecified atom stereocenters. The Morgan fingerprint density at radius 1 is 0.324 bits per heavy atom. The molecular weight excluding hydrogens is 674 g/mol. The molecule has 0 amide bonds. The molecule has 0 saturated heterocycles. The number of thioether (sulfide) groups is 3. The molecule has 230 valence electrons. The van der Waals surface area contributed by atoms with E-state index in [1.54, 1.807) is 0 Å². The van der Waals surface area contributed by atoms with Crippen LogP contribution in [-0.2, 0) is 0 Å². The second-order valence-electron chi connectivity index (χ2n) is 9.31. The summed E-state index contributed by atoms with van der Waals surface area (Å²) < 4.78 is 0. The van der Waals surface area contributed by atoms with E-state index in [4.69, 9.17) is 0 Å². The number of hydrogen-bond acceptors (Lipinski definition) is 6. The van der Waals surface area contributed by atoms with Gasteiger partial charge in [0, 0.05) is 17.3 Å². The zero-order valence-electron chi connectivity index (χ0n) is 25.4. The maximum absolute atomic E-state index is 4.17. The number of unbranched alkanes of at least 4 members (excludes halogenated alkanes) is 15. The van der Waals surface area contributed by atoms with Crippen LogP contribution in [0, 0.1) is 0 Å². The van der Waals surface area contributed by atoms with Crippen LogP contribution in [0.15, 0.2) is 0 Å². The van der Waals surface area contributed by atoms with Crippen LogP contribution in [-0.4, -0.2) is 76.2 Å². The summed E-state index contributed by atoms with van der Waals surface area (Å²) in [7, 11) is 0. The molecule has 0 rings (SSSR count). The zero-order chi connectivity index (χ0) is 27.2. The van der Waals surface area contributed by atoms with Gasteiger partial charge in [-0.25, -0.2) is 0 Å². The molecule has 0 heterocycles. The molecule has 0 radical (unpaired) electrons. The molecule has 37 heavy (non-hydrogen) atoms. The second kappa shape index (κ2) is 51.6. The van der Waals surface area contributed by atoms with Crippen molar-refractivity contribution in [2.24, 2.45) is 0 Å². The molecule has 0 aliphatic rings. The molecule has 0 aromatic heterocycles. The fourth-order valence-corrected chi connectivity index (χ4v) is 6.84. The first-order valence-electron chi connectivity index (χ1n) is 15.3. The van der Waals surface area contributed by atoms with Crippen molar-refractivity contribution in [3.05, 3.63) is 0 Å². The quantitative estimate of drug-likeness (QED) is 0.0436. The Kier molecular flexibility index (Phi) is 65.4. The van der Waals surface area contributed by atoms with E-state index in [0.717, 1.165) is 17.3 Å². The van der Waals surface area contributed by atoms with Crippen molar-refractivity contribution in [1.82, 2.24) is 0 Å². The van der Waals surface area contributed by atoms with Crippen molar-refractivity contribution < 1.29 is 0 Å². The first kappa shape index (κ1) is 46.9. The average molecular weight is 744 g/mol. The molecule has 0 aliphatic heterocycles. The van der Waals surface area contributed by atoms with Crippen LogP contribution in [0.25, 0.3) is 0 Å². The normalized spacial score (nSPS) is 10.2. The van der Waals surface area contributed by atoms with Gasteiger partial charge in [-0.05, 0) is 53.8 Å². The van der Waals surface area contributed by atoms with E-state index in [-0.39, 0.29) is 24.4 Å². The number of thiol groups is 3. The van der Waals surface area contributed by atoms with Gasteiger partial charge in [0.1, 0.15) is 0 Å². The van der Waals surface area contributed by atoms with Crippen LogP contribution in [0.2, 0.25) is 0 Å². The Labute approximate surface area is 283 Å². The van der Waals surface area contributed by atoms with Crippen molar-refractivity contribution in [3.8, 4) is 0 Å². The Morgan fingerprint density at radius 2 is 0.541 bits per heavy atom. The Morgan fingerprint density at radius 3 is 0.757 bits per heavy atom. The summed E-state index contributed by atoms with van der Waals surface area (Å²) in [5.41, 5.74) is 0. The zero-order valence-corrected chi connectivity index (χ0v) is 34.5. The average Bonchev–Trinajstić information content (AvgIpc) is 2.90. The Hall–Kier alpha value is 2.92. The van der Waals surface area contributed by atoms with Crippen LogP contribution in [0.4, 0.5) is 0 Å². The van der Waals surface area contributed by atoms with Gasteiger partial charge in [-0.2, -0.15) is 73.2 Å². The number of hydrogen-bond donors (Lipinski definition) is 3. The summed E-state index contributed by atoms with van der Waals surface area (Å²) in [5, 5.41) is 0. The fourth-order valence-electron chi connectivity index (χ4n) is 3.45. The summed E-state index contributed by atoms with van der Waals surface area (Å²) in [4.78, 5) is 0. The molecule has 0 aliphatic carbocycles. The minimum atomic E-state index is 0. The first-order valence-corrected chi connectivity index (χ1v) is 20.7. The Balaban J connectivity index is -0.000000218. The molecule has 0 aromatic rings. The van der Waals surface area contributed by atoms with Gasteiger partial charge in [0.25, 0.3) is 0 Å². The van der Waals surface area contributed by atoms with Gasteiger partial charge in [-0.15, -0.1) is 0 Å².